The zero-order chi connectivity index (χ0) is 8.20. The van der Waals surface area contributed by atoms with Crippen LogP contribution in [0.3, 0.4) is 0 Å². The highest BCUT2D eigenvalue weighted by Crippen LogP contribution is 2.41. The summed E-state index contributed by atoms with van der Waals surface area (Å²) in [4.78, 5) is 18.6. The van der Waals surface area contributed by atoms with E-state index < -0.39 is 13.7 Å². The van der Waals surface area contributed by atoms with E-state index in [9.17, 15) is 9.36 Å². The van der Waals surface area contributed by atoms with Gasteiger partial charge in [0.2, 0.25) is 0 Å². The lowest BCUT2D eigenvalue weighted by Crippen LogP contribution is -2.11. The SMILES string of the molecule is C=CCP(=O)(O)OC(N)=O. The number of nitrogens with two attached hydrogens (primary N) is 1. The molecular formula is C4H8NO4P. The van der Waals surface area contributed by atoms with Crippen LogP contribution in [0.25, 0.3) is 0 Å². The van der Waals surface area contributed by atoms with Crippen molar-refractivity contribution in [3.63, 3.8) is 0 Å². The first kappa shape index (κ1) is 9.20. The average Bonchev–Trinajstić information content (AvgIpc) is 1.59. The van der Waals surface area contributed by atoms with Crippen molar-refractivity contribution in [3.8, 4) is 0 Å². The van der Waals surface area contributed by atoms with E-state index in [1.54, 1.807) is 0 Å². The summed E-state index contributed by atoms with van der Waals surface area (Å²) in [5.74, 6) is 0. The molecule has 0 radical (unpaired) electrons. The van der Waals surface area contributed by atoms with Crippen LogP contribution >= 0.6 is 7.60 Å². The number of primary amides is 1. The Balaban J connectivity index is 3.99. The summed E-state index contributed by atoms with van der Waals surface area (Å²) in [6.07, 6.45) is -0.368. The van der Waals surface area contributed by atoms with Crippen molar-refractivity contribution in [2.75, 3.05) is 6.16 Å². The van der Waals surface area contributed by atoms with Crippen molar-refractivity contribution >= 4 is 13.7 Å². The smallest absolute Gasteiger partial charge is 0.375 e. The molecule has 0 aromatic rings. The lowest BCUT2D eigenvalue weighted by Gasteiger charge is -2.05. The number of hydrogen-bond donors (Lipinski definition) is 2. The lowest BCUT2D eigenvalue weighted by atomic mass is 10.8. The molecule has 0 bridgehead atoms. The third-order valence-electron chi connectivity index (χ3n) is 0.592. The van der Waals surface area contributed by atoms with Crippen molar-refractivity contribution in [3.05, 3.63) is 12.7 Å². The Morgan fingerprint density at radius 2 is 2.40 bits per heavy atom. The van der Waals surface area contributed by atoms with Gasteiger partial charge in [-0.05, 0) is 0 Å². The van der Waals surface area contributed by atoms with Crippen LogP contribution in [0.4, 0.5) is 4.79 Å². The Kier molecular flexibility index (Phi) is 3.12. The van der Waals surface area contributed by atoms with E-state index in [4.69, 9.17) is 4.89 Å². The van der Waals surface area contributed by atoms with Gasteiger partial charge in [0.1, 0.15) is 0 Å². The third kappa shape index (κ3) is 4.12. The molecular weight excluding hydrogens is 157 g/mol. The fourth-order valence-electron chi connectivity index (χ4n) is 0.341. The maximum Gasteiger partial charge on any atom is 0.411 e. The highest BCUT2D eigenvalue weighted by molar-refractivity contribution is 7.53. The molecule has 1 unspecified atom stereocenters. The number of rotatable bonds is 3. The first-order valence-corrected chi connectivity index (χ1v) is 4.16. The average molecular weight is 165 g/mol. The second kappa shape index (κ2) is 3.39. The van der Waals surface area contributed by atoms with Gasteiger partial charge < -0.3 is 15.2 Å². The van der Waals surface area contributed by atoms with Crippen LogP contribution in [-0.2, 0) is 9.09 Å². The molecule has 0 spiro atoms. The number of amides is 1. The molecule has 3 N–H and O–H groups in total. The maximum absolute atomic E-state index is 10.6. The lowest BCUT2D eigenvalue weighted by molar-refractivity contribution is 0.204. The first-order valence-electron chi connectivity index (χ1n) is 2.39. The van der Waals surface area contributed by atoms with Crippen molar-refractivity contribution in [1.82, 2.24) is 0 Å². The van der Waals surface area contributed by atoms with Gasteiger partial charge >= 0.3 is 13.7 Å². The van der Waals surface area contributed by atoms with Gasteiger partial charge in [0.25, 0.3) is 0 Å². The Morgan fingerprint density at radius 1 is 1.90 bits per heavy atom. The van der Waals surface area contributed by atoms with Crippen molar-refractivity contribution < 1.29 is 18.8 Å². The molecule has 6 heteroatoms. The van der Waals surface area contributed by atoms with Crippen LogP contribution in [0.5, 0.6) is 0 Å². The van der Waals surface area contributed by atoms with Gasteiger partial charge in [0.05, 0.1) is 6.16 Å². The maximum atomic E-state index is 10.6. The molecule has 1 amide bonds. The molecule has 0 aromatic heterocycles. The monoisotopic (exact) mass is 165 g/mol. The molecule has 0 aliphatic rings. The summed E-state index contributed by atoms with van der Waals surface area (Å²) in [5, 5.41) is 0. The third-order valence-corrected chi connectivity index (χ3v) is 1.78. The standard InChI is InChI=1S/C4H8NO4P/c1-2-3-10(7,8)9-4(5)6/h2H,1,3H2,(H2,5,6)(H,7,8). The van der Waals surface area contributed by atoms with E-state index in [-0.39, 0.29) is 6.16 Å². The fraction of sp³-hybridized carbons (Fsp3) is 0.250. The Hall–Kier alpha value is -0.800. The fourth-order valence-corrected chi connectivity index (χ4v) is 1.02. The summed E-state index contributed by atoms with van der Waals surface area (Å²) < 4.78 is 14.4. The minimum atomic E-state index is -3.84. The van der Waals surface area contributed by atoms with Gasteiger partial charge in [0.15, 0.2) is 0 Å². The number of carbonyl (C=O) groups excluding carboxylic acids is 1. The summed E-state index contributed by atoms with van der Waals surface area (Å²) in [5.41, 5.74) is 4.48. The van der Waals surface area contributed by atoms with Crippen LogP contribution in [0.15, 0.2) is 12.7 Å². The summed E-state index contributed by atoms with van der Waals surface area (Å²) >= 11 is 0. The number of allylic oxidation sites excluding steroid dienone is 1. The van der Waals surface area contributed by atoms with Crippen molar-refractivity contribution in [2.45, 2.75) is 0 Å². The van der Waals surface area contributed by atoms with E-state index >= 15 is 0 Å². The molecule has 0 heterocycles. The van der Waals surface area contributed by atoms with Crippen LogP contribution < -0.4 is 5.73 Å². The van der Waals surface area contributed by atoms with Gasteiger partial charge in [-0.15, -0.1) is 6.58 Å². The second-order valence-electron chi connectivity index (χ2n) is 1.52. The minimum Gasteiger partial charge on any atom is -0.375 e. The quantitative estimate of drug-likeness (QED) is 0.469. The van der Waals surface area contributed by atoms with E-state index in [1.165, 1.54) is 6.08 Å². The van der Waals surface area contributed by atoms with Gasteiger partial charge in [-0.3, -0.25) is 0 Å². The van der Waals surface area contributed by atoms with E-state index in [0.717, 1.165) is 0 Å². The molecule has 0 aromatic carbocycles. The van der Waals surface area contributed by atoms with E-state index in [1.807, 2.05) is 0 Å². The topological polar surface area (TPSA) is 89.6 Å². The molecule has 10 heavy (non-hydrogen) atoms. The number of hydrogen-bond acceptors (Lipinski definition) is 3. The highest BCUT2D eigenvalue weighted by atomic mass is 31.2. The Morgan fingerprint density at radius 3 is 2.70 bits per heavy atom. The molecule has 5 nitrogen and oxygen atoms in total. The predicted octanol–water partition coefficient (Wildman–Crippen LogP) is 0.453. The summed E-state index contributed by atoms with van der Waals surface area (Å²) in [6.45, 7) is 3.19. The van der Waals surface area contributed by atoms with Crippen LogP contribution in [0.2, 0.25) is 0 Å². The Bertz CT molecular complexity index is 190. The normalized spacial score (nSPS) is 15.3. The predicted molar refractivity (Wildman–Crippen MR) is 35.6 cm³/mol. The van der Waals surface area contributed by atoms with Gasteiger partial charge in [-0.1, -0.05) is 6.08 Å². The molecule has 0 rings (SSSR count). The van der Waals surface area contributed by atoms with Crippen molar-refractivity contribution in [2.24, 2.45) is 5.73 Å². The second-order valence-corrected chi connectivity index (χ2v) is 3.34. The minimum absolute atomic E-state index is 0.282. The molecule has 1 atom stereocenters. The molecule has 0 fully saturated rings. The highest BCUT2D eigenvalue weighted by Gasteiger charge is 2.19. The zero-order valence-electron chi connectivity index (χ0n) is 5.19. The summed E-state index contributed by atoms with van der Waals surface area (Å²) in [7, 11) is -3.84. The van der Waals surface area contributed by atoms with E-state index in [2.05, 4.69) is 16.8 Å². The number of carbonyl (C=O) groups is 1. The molecule has 0 aliphatic heterocycles. The van der Waals surface area contributed by atoms with Crippen LogP contribution in [0, 0.1) is 0 Å². The molecule has 0 saturated heterocycles. The zero-order valence-corrected chi connectivity index (χ0v) is 6.08. The summed E-state index contributed by atoms with van der Waals surface area (Å²) in [6, 6.07) is 0. The van der Waals surface area contributed by atoms with Gasteiger partial charge in [-0.2, -0.15) is 0 Å². The largest absolute Gasteiger partial charge is 0.411 e. The van der Waals surface area contributed by atoms with Crippen LogP contribution in [0.1, 0.15) is 0 Å². The molecule has 0 aliphatic carbocycles. The van der Waals surface area contributed by atoms with Gasteiger partial charge in [-0.25, -0.2) is 9.36 Å². The molecule has 58 valence electrons. The first-order chi connectivity index (χ1) is 4.48. The Labute approximate surface area is 58.0 Å². The van der Waals surface area contributed by atoms with Crippen LogP contribution in [-0.4, -0.2) is 17.1 Å². The van der Waals surface area contributed by atoms with Crippen molar-refractivity contribution in [1.29, 1.82) is 0 Å². The van der Waals surface area contributed by atoms with Gasteiger partial charge in [0, 0.05) is 0 Å². The molecule has 0 saturated carbocycles. The van der Waals surface area contributed by atoms with E-state index in [0.29, 0.717) is 0 Å².